The van der Waals surface area contributed by atoms with E-state index < -0.39 is 10.0 Å². The molecule has 8 nitrogen and oxygen atoms in total. The normalized spacial score (nSPS) is 11.2. The second-order valence-electron chi connectivity index (χ2n) is 6.62. The number of anilines is 1. The van der Waals surface area contributed by atoms with Crippen molar-refractivity contribution in [3.63, 3.8) is 0 Å². The van der Waals surface area contributed by atoms with Crippen LogP contribution in [0.25, 0.3) is 16.9 Å². The first-order valence-corrected chi connectivity index (χ1v) is 11.0. The molecule has 0 bridgehead atoms. The van der Waals surface area contributed by atoms with Gasteiger partial charge >= 0.3 is 0 Å². The summed E-state index contributed by atoms with van der Waals surface area (Å²) in [6, 6.07) is 13.7. The first kappa shape index (κ1) is 20.3. The maximum Gasteiger partial charge on any atom is 0.233 e. The summed E-state index contributed by atoms with van der Waals surface area (Å²) in [6.07, 6.45) is 9.86. The molecular weight excluding hydrogens is 414 g/mol. The number of hydrogen-bond acceptors (Lipinski definition) is 6. The van der Waals surface area contributed by atoms with E-state index in [-0.39, 0.29) is 18.0 Å². The Bertz CT molecular complexity index is 1410. The van der Waals surface area contributed by atoms with Gasteiger partial charge in [-0.05, 0) is 30.3 Å². The lowest BCUT2D eigenvalue weighted by Gasteiger charge is -2.10. The minimum atomic E-state index is -3.55. The van der Waals surface area contributed by atoms with E-state index in [2.05, 4.69) is 25.7 Å². The Hall–Kier alpha value is -4.03. The molecule has 4 rings (SSSR count). The first-order chi connectivity index (χ1) is 15.0. The summed E-state index contributed by atoms with van der Waals surface area (Å²) in [5.74, 6) is 1.88. The van der Waals surface area contributed by atoms with E-state index in [1.807, 2.05) is 6.07 Å². The van der Waals surface area contributed by atoms with Crippen molar-refractivity contribution in [2.24, 2.45) is 0 Å². The van der Waals surface area contributed by atoms with Gasteiger partial charge in [-0.3, -0.25) is 14.5 Å². The third-order valence-electron chi connectivity index (χ3n) is 4.49. The van der Waals surface area contributed by atoms with Crippen LogP contribution in [0, 0.1) is 12.3 Å². The number of terminal acetylenes is 1. The van der Waals surface area contributed by atoms with Gasteiger partial charge in [-0.1, -0.05) is 18.2 Å². The molecular formula is C22H17N5O3S. The summed E-state index contributed by atoms with van der Waals surface area (Å²) in [5.41, 5.74) is 2.75. The molecule has 31 heavy (non-hydrogen) atoms. The van der Waals surface area contributed by atoms with Crippen molar-refractivity contribution in [3.05, 3.63) is 78.4 Å². The summed E-state index contributed by atoms with van der Waals surface area (Å²) in [7, 11) is -3.55. The lowest BCUT2D eigenvalue weighted by Crippen LogP contribution is -2.16. The number of fused-ring (bicyclic) bond motifs is 1. The number of pyridine rings is 1. The average molecular weight is 431 g/mol. The molecule has 3 aromatic heterocycles. The van der Waals surface area contributed by atoms with E-state index in [0.29, 0.717) is 33.8 Å². The third kappa shape index (κ3) is 4.29. The molecule has 0 aliphatic carbocycles. The van der Waals surface area contributed by atoms with Crippen LogP contribution < -0.4 is 4.72 Å². The molecule has 154 valence electrons. The van der Waals surface area contributed by atoms with Crippen LogP contribution in [0.5, 0.6) is 0 Å². The second kappa shape index (κ2) is 8.38. The highest BCUT2D eigenvalue weighted by molar-refractivity contribution is 7.92. The van der Waals surface area contributed by atoms with Crippen LogP contribution in [0.1, 0.15) is 22.5 Å². The Morgan fingerprint density at radius 3 is 2.74 bits per heavy atom. The number of aromatic nitrogens is 4. The lowest BCUT2D eigenvalue weighted by molar-refractivity contribution is 0.103. The monoisotopic (exact) mass is 431 g/mol. The number of nitrogens with one attached hydrogen (secondary N) is 1. The van der Waals surface area contributed by atoms with Gasteiger partial charge in [0.15, 0.2) is 5.65 Å². The number of nitrogens with zero attached hydrogens (tertiary/aromatic N) is 4. The first-order valence-electron chi connectivity index (χ1n) is 9.31. The maximum absolute atomic E-state index is 12.8. The molecule has 1 N–H and O–H groups in total. The smallest absolute Gasteiger partial charge is 0.233 e. The van der Waals surface area contributed by atoms with Crippen LogP contribution >= 0.6 is 0 Å². The third-order valence-corrected chi connectivity index (χ3v) is 5.78. The fourth-order valence-electron chi connectivity index (χ4n) is 3.07. The summed E-state index contributed by atoms with van der Waals surface area (Å²) in [6.45, 7) is 0. The van der Waals surface area contributed by atoms with Crippen molar-refractivity contribution in [1.82, 2.24) is 19.6 Å². The number of rotatable bonds is 7. The Morgan fingerprint density at radius 1 is 1.10 bits per heavy atom. The zero-order chi connectivity index (χ0) is 21.8. The summed E-state index contributed by atoms with van der Waals surface area (Å²) >= 11 is 0. The van der Waals surface area contributed by atoms with Gasteiger partial charge in [-0.25, -0.2) is 17.9 Å². The second-order valence-corrected chi connectivity index (χ2v) is 8.47. The van der Waals surface area contributed by atoms with Crippen LogP contribution in [-0.4, -0.2) is 39.5 Å². The molecule has 0 amide bonds. The van der Waals surface area contributed by atoms with Crippen molar-refractivity contribution >= 4 is 27.1 Å². The molecule has 3 heterocycles. The zero-order valence-corrected chi connectivity index (χ0v) is 17.1. The van der Waals surface area contributed by atoms with E-state index in [1.165, 1.54) is 6.20 Å². The Morgan fingerprint density at radius 2 is 1.97 bits per heavy atom. The van der Waals surface area contributed by atoms with Gasteiger partial charge in [0, 0.05) is 30.1 Å². The molecule has 9 heteroatoms. The summed E-state index contributed by atoms with van der Waals surface area (Å²) in [4.78, 5) is 21.2. The van der Waals surface area contributed by atoms with Crippen LogP contribution in [0.2, 0.25) is 0 Å². The van der Waals surface area contributed by atoms with E-state index in [9.17, 15) is 13.2 Å². The molecule has 0 saturated heterocycles. The van der Waals surface area contributed by atoms with Gasteiger partial charge < -0.3 is 0 Å². The minimum absolute atomic E-state index is 0.125. The highest BCUT2D eigenvalue weighted by Crippen LogP contribution is 2.25. The number of benzene rings is 1. The number of sulfonamides is 1. The van der Waals surface area contributed by atoms with Crippen molar-refractivity contribution in [1.29, 1.82) is 0 Å². The van der Waals surface area contributed by atoms with E-state index in [4.69, 9.17) is 6.42 Å². The summed E-state index contributed by atoms with van der Waals surface area (Å²) < 4.78 is 28.4. The molecule has 0 atom stereocenters. The molecule has 0 saturated carbocycles. The Kier molecular flexibility index (Phi) is 5.47. The van der Waals surface area contributed by atoms with Gasteiger partial charge in [0.2, 0.25) is 15.8 Å². The number of carbonyl (C=O) groups is 1. The lowest BCUT2D eigenvalue weighted by atomic mass is 10.1. The van der Waals surface area contributed by atoms with Crippen LogP contribution in [0.3, 0.4) is 0 Å². The van der Waals surface area contributed by atoms with E-state index in [0.717, 1.165) is 0 Å². The van der Waals surface area contributed by atoms with Gasteiger partial charge in [0.1, 0.15) is 5.69 Å². The molecule has 0 aliphatic rings. The van der Waals surface area contributed by atoms with E-state index >= 15 is 0 Å². The number of hydrogen-bond donors (Lipinski definition) is 1. The topological polar surface area (TPSA) is 106 Å². The fraction of sp³-hybridized carbons (Fsp3) is 0.0909. The Balaban J connectivity index is 1.71. The molecule has 0 spiro atoms. The van der Waals surface area contributed by atoms with E-state index in [1.54, 1.807) is 59.4 Å². The molecule has 0 fully saturated rings. The fourth-order valence-corrected chi connectivity index (χ4v) is 4.05. The Labute approximate surface area is 179 Å². The molecule has 0 aliphatic heterocycles. The SMILES string of the molecule is C#CCCS(=O)(=O)Nc1cccc(-c2ccnc3c(C(=O)c4ccccn4)cnn23)c1. The predicted octanol–water partition coefficient (Wildman–Crippen LogP) is 2.79. The van der Waals surface area contributed by atoms with Gasteiger partial charge in [-0.2, -0.15) is 5.10 Å². The van der Waals surface area contributed by atoms with Gasteiger partial charge in [0.25, 0.3) is 0 Å². The summed E-state index contributed by atoms with van der Waals surface area (Å²) in [5, 5.41) is 4.33. The quantitative estimate of drug-likeness (QED) is 0.356. The standard InChI is InChI=1S/C22H17N5O3S/c1-2-3-13-31(29,30)26-17-8-6-7-16(14-17)20-10-12-24-22-18(15-25-27(20)22)21(28)19-9-4-5-11-23-19/h1,4-12,14-15,26H,3,13H2. The zero-order valence-electron chi connectivity index (χ0n) is 16.3. The van der Waals surface area contributed by atoms with Crippen molar-refractivity contribution < 1.29 is 13.2 Å². The van der Waals surface area contributed by atoms with Crippen molar-refractivity contribution in [2.45, 2.75) is 6.42 Å². The maximum atomic E-state index is 12.8. The van der Waals surface area contributed by atoms with Gasteiger partial charge in [-0.15, -0.1) is 12.3 Å². The van der Waals surface area contributed by atoms with Crippen LogP contribution in [0.15, 0.2) is 67.1 Å². The average Bonchev–Trinajstić information content (AvgIpc) is 3.22. The largest absolute Gasteiger partial charge is 0.287 e. The molecule has 4 aromatic rings. The number of ketones is 1. The highest BCUT2D eigenvalue weighted by Gasteiger charge is 2.19. The van der Waals surface area contributed by atoms with Crippen molar-refractivity contribution in [3.8, 4) is 23.6 Å². The molecule has 1 aromatic carbocycles. The predicted molar refractivity (Wildman–Crippen MR) is 117 cm³/mol. The van der Waals surface area contributed by atoms with Crippen LogP contribution in [0.4, 0.5) is 5.69 Å². The molecule has 0 radical (unpaired) electrons. The molecule has 0 unspecified atom stereocenters. The van der Waals surface area contributed by atoms with Crippen molar-refractivity contribution in [2.75, 3.05) is 10.5 Å². The highest BCUT2D eigenvalue weighted by atomic mass is 32.2. The van der Waals surface area contributed by atoms with Crippen LogP contribution in [-0.2, 0) is 10.0 Å². The van der Waals surface area contributed by atoms with Gasteiger partial charge in [0.05, 0.1) is 23.2 Å². The minimum Gasteiger partial charge on any atom is -0.287 e. The number of carbonyl (C=O) groups excluding carboxylic acids is 1.